The largest absolute Gasteiger partial charge is 0.513 e. The lowest BCUT2D eigenvalue weighted by molar-refractivity contribution is -0.131. The van der Waals surface area contributed by atoms with Gasteiger partial charge in [0.25, 0.3) is 0 Å². The smallest absolute Gasteiger partial charge is 0.497 e. The van der Waals surface area contributed by atoms with E-state index >= 15 is 0 Å². The van der Waals surface area contributed by atoms with E-state index in [0.717, 1.165) is 17.7 Å². The van der Waals surface area contributed by atoms with E-state index in [1.165, 1.54) is 38.7 Å². The lowest BCUT2D eigenvalue weighted by Gasteiger charge is -2.02. The topological polar surface area (TPSA) is 88.1 Å². The predicted molar refractivity (Wildman–Crippen MR) is 134 cm³/mol. The number of Topliss-reactive ketones (excluding diaryl/α,β-unsaturated/α-hetero) is 1. The van der Waals surface area contributed by atoms with Crippen LogP contribution >= 0.6 is 0 Å². The number of hydrogen-bond acceptors (Lipinski definition) is 7. The van der Waals surface area contributed by atoms with Crippen molar-refractivity contribution in [3.05, 3.63) is 89.5 Å². The molecular formula is C28H32O7. The van der Waals surface area contributed by atoms with Gasteiger partial charge in [0.1, 0.15) is 17.2 Å². The van der Waals surface area contributed by atoms with Crippen molar-refractivity contribution in [2.24, 2.45) is 0 Å². The summed E-state index contributed by atoms with van der Waals surface area (Å²) in [7, 11) is 2.91. The van der Waals surface area contributed by atoms with Crippen LogP contribution in [0.1, 0.15) is 42.3 Å². The summed E-state index contributed by atoms with van der Waals surface area (Å²) >= 11 is 0. The first kappa shape index (κ1) is 28.9. The van der Waals surface area contributed by atoms with Crippen LogP contribution in [0.2, 0.25) is 0 Å². The van der Waals surface area contributed by atoms with Crippen LogP contribution < -0.4 is 14.2 Å². The normalized spacial score (nSPS) is 9.31. The summed E-state index contributed by atoms with van der Waals surface area (Å²) in [5.74, 6) is 1.56. The predicted octanol–water partition coefficient (Wildman–Crippen LogP) is 6.21. The van der Waals surface area contributed by atoms with Crippen molar-refractivity contribution in [1.29, 1.82) is 0 Å². The first-order valence-corrected chi connectivity index (χ1v) is 10.9. The molecule has 0 saturated heterocycles. The molecule has 0 fully saturated rings. The fraction of sp³-hybridized carbons (Fsp3) is 0.250. The molecule has 0 N–H and O–H groups in total. The Balaban J connectivity index is 0.000000267. The average molecular weight is 481 g/mol. The van der Waals surface area contributed by atoms with E-state index in [1.54, 1.807) is 31.4 Å². The molecule has 3 rings (SSSR count). The van der Waals surface area contributed by atoms with Crippen LogP contribution in [-0.2, 0) is 16.0 Å². The van der Waals surface area contributed by atoms with Crippen molar-refractivity contribution in [2.45, 2.75) is 34.1 Å². The van der Waals surface area contributed by atoms with Crippen molar-refractivity contribution in [1.82, 2.24) is 0 Å². The van der Waals surface area contributed by atoms with Crippen molar-refractivity contribution < 1.29 is 33.3 Å². The second kappa shape index (κ2) is 15.7. The standard InChI is InChI=1S/C10H10O4.C9H10O2.C9H12O/c1-7(11)8-3-5-9(6-4-8)14-10(12)13-2;1-7-3-5-9(6-4-7)11-8(2)10;1-3-8-4-6-9(10-2)7-5-8/h3-6H,1-2H3;3-6H,1-2H3;4-7H,3H2,1-2H3. The number of hydrogen-bond donors (Lipinski definition) is 0. The van der Waals surface area contributed by atoms with E-state index in [9.17, 15) is 14.4 Å². The van der Waals surface area contributed by atoms with Crippen molar-refractivity contribution >= 4 is 17.9 Å². The number of aryl methyl sites for hydroxylation is 2. The van der Waals surface area contributed by atoms with Crippen LogP contribution in [-0.4, -0.2) is 32.1 Å². The van der Waals surface area contributed by atoms with Crippen LogP contribution in [0, 0.1) is 6.92 Å². The SMILES string of the molecule is CC(=O)Oc1ccc(C)cc1.CCc1ccc(OC)cc1.COC(=O)Oc1ccc(C(C)=O)cc1. The minimum atomic E-state index is -0.777. The Morgan fingerprint density at radius 2 is 1.17 bits per heavy atom. The molecule has 7 nitrogen and oxygen atoms in total. The summed E-state index contributed by atoms with van der Waals surface area (Å²) in [4.78, 5) is 32.1. The van der Waals surface area contributed by atoms with Crippen LogP contribution in [0.3, 0.4) is 0 Å². The number of carbonyl (C=O) groups is 3. The highest BCUT2D eigenvalue weighted by Gasteiger charge is 2.04. The first-order valence-electron chi connectivity index (χ1n) is 10.9. The molecule has 0 radical (unpaired) electrons. The summed E-state index contributed by atoms with van der Waals surface area (Å²) in [5.41, 5.74) is 3.07. The minimum Gasteiger partial charge on any atom is -0.497 e. The maximum absolute atomic E-state index is 10.9. The van der Waals surface area contributed by atoms with Crippen LogP contribution in [0.4, 0.5) is 4.79 Å². The van der Waals surface area contributed by atoms with Gasteiger partial charge in [-0.15, -0.1) is 0 Å². The molecule has 3 aromatic carbocycles. The molecule has 0 spiro atoms. The number of carbonyl (C=O) groups excluding carboxylic acids is 3. The van der Waals surface area contributed by atoms with Gasteiger partial charge in [-0.2, -0.15) is 0 Å². The number of esters is 1. The fourth-order valence-electron chi connectivity index (χ4n) is 2.53. The third-order valence-electron chi connectivity index (χ3n) is 4.48. The van der Waals surface area contributed by atoms with Gasteiger partial charge in [-0.05, 0) is 74.4 Å². The molecular weight excluding hydrogens is 448 g/mol. The molecule has 0 aliphatic carbocycles. The Bertz CT molecular complexity index is 1030. The maximum Gasteiger partial charge on any atom is 0.513 e. The Morgan fingerprint density at radius 1 is 0.686 bits per heavy atom. The summed E-state index contributed by atoms with van der Waals surface area (Å²) in [6.45, 7) is 6.98. The maximum atomic E-state index is 10.9. The second-order valence-corrected chi connectivity index (χ2v) is 7.25. The van der Waals surface area contributed by atoms with Gasteiger partial charge >= 0.3 is 12.1 Å². The molecule has 0 aliphatic heterocycles. The molecule has 0 aliphatic rings. The van der Waals surface area contributed by atoms with E-state index in [4.69, 9.17) is 14.2 Å². The third kappa shape index (κ3) is 12.1. The van der Waals surface area contributed by atoms with Gasteiger partial charge in [0, 0.05) is 12.5 Å². The highest BCUT2D eigenvalue weighted by atomic mass is 16.7. The van der Waals surface area contributed by atoms with Crippen molar-refractivity contribution in [3.8, 4) is 17.2 Å². The van der Waals surface area contributed by atoms with Crippen LogP contribution in [0.5, 0.6) is 17.2 Å². The molecule has 7 heteroatoms. The Labute approximate surface area is 206 Å². The molecule has 3 aromatic rings. The molecule has 35 heavy (non-hydrogen) atoms. The third-order valence-corrected chi connectivity index (χ3v) is 4.48. The van der Waals surface area contributed by atoms with E-state index < -0.39 is 6.16 Å². The first-order chi connectivity index (χ1) is 16.7. The summed E-state index contributed by atoms with van der Waals surface area (Å²) in [6, 6.07) is 21.7. The van der Waals surface area contributed by atoms with Gasteiger partial charge in [-0.25, -0.2) is 4.79 Å². The van der Waals surface area contributed by atoms with E-state index in [1.807, 2.05) is 31.2 Å². The molecule has 0 atom stereocenters. The second-order valence-electron chi connectivity index (χ2n) is 7.25. The Kier molecular flexibility index (Phi) is 12.9. The molecule has 0 saturated carbocycles. The highest BCUT2D eigenvalue weighted by Crippen LogP contribution is 2.13. The molecule has 0 heterocycles. The Morgan fingerprint density at radius 3 is 1.60 bits per heavy atom. The highest BCUT2D eigenvalue weighted by molar-refractivity contribution is 5.94. The van der Waals surface area contributed by atoms with Gasteiger partial charge in [0.2, 0.25) is 0 Å². The number of methoxy groups -OCH3 is 2. The monoisotopic (exact) mass is 480 g/mol. The lowest BCUT2D eigenvalue weighted by atomic mass is 10.1. The van der Waals surface area contributed by atoms with Gasteiger partial charge in [-0.3, -0.25) is 9.59 Å². The van der Waals surface area contributed by atoms with Gasteiger partial charge < -0.3 is 18.9 Å². The summed E-state index contributed by atoms with van der Waals surface area (Å²) in [6.07, 6.45) is 0.310. The van der Waals surface area contributed by atoms with Crippen LogP contribution in [0.25, 0.3) is 0 Å². The number of benzene rings is 3. The van der Waals surface area contributed by atoms with E-state index in [-0.39, 0.29) is 11.8 Å². The van der Waals surface area contributed by atoms with Gasteiger partial charge in [-0.1, -0.05) is 36.8 Å². The minimum absolute atomic E-state index is 0.0328. The molecule has 0 aromatic heterocycles. The molecule has 0 bridgehead atoms. The van der Waals surface area contributed by atoms with Gasteiger partial charge in [0.15, 0.2) is 5.78 Å². The Hall–Kier alpha value is -4.13. The van der Waals surface area contributed by atoms with E-state index in [0.29, 0.717) is 17.1 Å². The molecule has 186 valence electrons. The number of ether oxygens (including phenoxy) is 4. The molecule has 0 amide bonds. The van der Waals surface area contributed by atoms with Crippen molar-refractivity contribution in [2.75, 3.05) is 14.2 Å². The zero-order chi connectivity index (χ0) is 26.2. The lowest BCUT2D eigenvalue weighted by Crippen LogP contribution is -2.07. The van der Waals surface area contributed by atoms with E-state index in [2.05, 4.69) is 23.8 Å². The van der Waals surface area contributed by atoms with Gasteiger partial charge in [0.05, 0.1) is 14.2 Å². The quantitative estimate of drug-likeness (QED) is 0.186. The zero-order valence-electron chi connectivity index (χ0n) is 21.0. The zero-order valence-corrected chi connectivity index (χ0v) is 21.0. The summed E-state index contributed by atoms with van der Waals surface area (Å²) < 4.78 is 18.9. The summed E-state index contributed by atoms with van der Waals surface area (Å²) in [5, 5.41) is 0. The number of rotatable bonds is 5. The van der Waals surface area contributed by atoms with Crippen LogP contribution in [0.15, 0.2) is 72.8 Å². The average Bonchev–Trinajstić information content (AvgIpc) is 2.86. The molecule has 0 unspecified atom stereocenters. The fourth-order valence-corrected chi connectivity index (χ4v) is 2.53. The number of ketones is 1. The van der Waals surface area contributed by atoms with Crippen molar-refractivity contribution in [3.63, 3.8) is 0 Å².